The first-order valence-electron chi connectivity index (χ1n) is 7.47. The van der Waals surface area contributed by atoms with E-state index in [1.807, 2.05) is 17.5 Å². The summed E-state index contributed by atoms with van der Waals surface area (Å²) in [4.78, 5) is 32.7. The molecule has 120 valence electrons. The molecule has 0 radical (unpaired) electrons. The van der Waals surface area contributed by atoms with E-state index in [9.17, 15) is 9.59 Å². The number of thiophene rings is 1. The predicted molar refractivity (Wildman–Crippen MR) is 85.0 cm³/mol. The van der Waals surface area contributed by atoms with Gasteiger partial charge < -0.3 is 10.4 Å². The van der Waals surface area contributed by atoms with Crippen LogP contribution in [-0.2, 0) is 22.4 Å². The van der Waals surface area contributed by atoms with Gasteiger partial charge in [-0.15, -0.1) is 11.3 Å². The number of aliphatic carboxylic acids is 1. The summed E-state index contributed by atoms with van der Waals surface area (Å²) in [5.74, 6) is -1.19. The molecule has 3 rings (SSSR count). The molecule has 7 heteroatoms. The number of carbonyl (C=O) groups excluding carboxylic acids is 1. The van der Waals surface area contributed by atoms with Crippen molar-refractivity contribution in [1.82, 2.24) is 15.3 Å². The van der Waals surface area contributed by atoms with E-state index in [1.54, 1.807) is 6.20 Å². The molecule has 0 fully saturated rings. The third kappa shape index (κ3) is 3.73. The molecule has 0 saturated carbocycles. The van der Waals surface area contributed by atoms with Crippen LogP contribution < -0.4 is 5.32 Å². The maximum atomic E-state index is 12.6. The van der Waals surface area contributed by atoms with Crippen molar-refractivity contribution >= 4 is 23.2 Å². The van der Waals surface area contributed by atoms with Gasteiger partial charge in [0.15, 0.2) is 0 Å². The minimum absolute atomic E-state index is 0.0980. The second kappa shape index (κ2) is 6.87. The highest BCUT2D eigenvalue weighted by Gasteiger charge is 2.28. The van der Waals surface area contributed by atoms with Crippen molar-refractivity contribution in [2.45, 2.75) is 31.7 Å². The van der Waals surface area contributed by atoms with Crippen molar-refractivity contribution in [3.8, 4) is 0 Å². The normalized spacial score (nSPS) is 18.0. The average Bonchev–Trinajstić information content (AvgIpc) is 3.07. The zero-order valence-corrected chi connectivity index (χ0v) is 13.3. The summed E-state index contributed by atoms with van der Waals surface area (Å²) < 4.78 is 0. The Morgan fingerprint density at radius 2 is 2.35 bits per heavy atom. The lowest BCUT2D eigenvalue weighted by Crippen LogP contribution is -2.37. The summed E-state index contributed by atoms with van der Waals surface area (Å²) in [6, 6.07) is 3.23. The molecule has 0 spiro atoms. The van der Waals surface area contributed by atoms with E-state index in [-0.39, 0.29) is 18.2 Å². The monoisotopic (exact) mass is 331 g/mol. The highest BCUT2D eigenvalue weighted by atomic mass is 32.1. The number of carboxylic acid groups (broad SMARTS) is 1. The van der Waals surface area contributed by atoms with Crippen molar-refractivity contribution in [3.05, 3.63) is 46.2 Å². The first-order valence-corrected chi connectivity index (χ1v) is 8.34. The molecular formula is C16H17N3O3S. The third-order valence-corrected chi connectivity index (χ3v) is 5.02. The van der Waals surface area contributed by atoms with Gasteiger partial charge in [-0.2, -0.15) is 0 Å². The van der Waals surface area contributed by atoms with Gasteiger partial charge in [-0.25, -0.2) is 9.97 Å². The van der Waals surface area contributed by atoms with Crippen molar-refractivity contribution in [1.29, 1.82) is 0 Å². The Labute approximate surface area is 137 Å². The smallest absolute Gasteiger partial charge is 0.305 e. The van der Waals surface area contributed by atoms with E-state index >= 15 is 0 Å². The van der Waals surface area contributed by atoms with Gasteiger partial charge in [-0.1, -0.05) is 6.07 Å². The predicted octanol–water partition coefficient (Wildman–Crippen LogP) is 1.98. The summed E-state index contributed by atoms with van der Waals surface area (Å²) in [7, 11) is 0. The van der Waals surface area contributed by atoms with Crippen LogP contribution in [0.4, 0.5) is 0 Å². The molecule has 2 N–H and O–H groups in total. The van der Waals surface area contributed by atoms with Gasteiger partial charge >= 0.3 is 5.97 Å². The lowest BCUT2D eigenvalue weighted by molar-refractivity contribution is -0.137. The minimum Gasteiger partial charge on any atom is -0.481 e. The van der Waals surface area contributed by atoms with Crippen LogP contribution in [0.3, 0.4) is 0 Å². The van der Waals surface area contributed by atoms with Gasteiger partial charge in [-0.05, 0) is 36.3 Å². The van der Waals surface area contributed by atoms with E-state index < -0.39 is 12.0 Å². The lowest BCUT2D eigenvalue weighted by atomic mass is 9.86. The number of nitrogens with one attached hydrogen (secondary N) is 1. The fourth-order valence-electron chi connectivity index (χ4n) is 2.86. The second-order valence-corrected chi connectivity index (χ2v) is 6.59. The number of aryl methyl sites for hydroxylation is 1. The molecule has 1 aliphatic rings. The summed E-state index contributed by atoms with van der Waals surface area (Å²) in [6.07, 6.45) is 5.25. The number of carbonyl (C=O) groups is 2. The second-order valence-electron chi connectivity index (χ2n) is 5.61. The van der Waals surface area contributed by atoms with E-state index in [2.05, 4.69) is 15.3 Å². The molecular weight excluding hydrogens is 314 g/mol. The number of carboxylic acids is 1. The maximum absolute atomic E-state index is 12.6. The van der Waals surface area contributed by atoms with Gasteiger partial charge in [0.25, 0.3) is 0 Å². The molecule has 2 atom stereocenters. The van der Waals surface area contributed by atoms with E-state index in [1.165, 1.54) is 17.7 Å². The molecule has 23 heavy (non-hydrogen) atoms. The number of aromatic nitrogens is 2. The number of rotatable bonds is 5. The van der Waals surface area contributed by atoms with Crippen LogP contribution in [0.5, 0.6) is 0 Å². The molecule has 2 unspecified atom stereocenters. The number of fused-ring (bicyclic) bond motifs is 1. The van der Waals surface area contributed by atoms with Crippen LogP contribution in [0.15, 0.2) is 30.0 Å². The maximum Gasteiger partial charge on any atom is 0.305 e. The average molecular weight is 331 g/mol. The summed E-state index contributed by atoms with van der Waals surface area (Å²) in [5.41, 5.74) is 2.01. The van der Waals surface area contributed by atoms with Crippen molar-refractivity contribution in [3.63, 3.8) is 0 Å². The Balaban J connectivity index is 1.69. The van der Waals surface area contributed by atoms with Crippen LogP contribution in [0.1, 0.15) is 35.0 Å². The molecule has 1 amide bonds. The molecule has 0 bridgehead atoms. The topological polar surface area (TPSA) is 92.2 Å². The highest BCUT2D eigenvalue weighted by Crippen LogP contribution is 2.26. The molecule has 2 heterocycles. The summed E-state index contributed by atoms with van der Waals surface area (Å²) in [6.45, 7) is 0. The fourth-order valence-corrected chi connectivity index (χ4v) is 3.64. The number of hydrogen-bond acceptors (Lipinski definition) is 5. The van der Waals surface area contributed by atoms with Crippen LogP contribution in [0.25, 0.3) is 0 Å². The number of nitrogens with zero attached hydrogens (tertiary/aromatic N) is 2. The van der Waals surface area contributed by atoms with Crippen LogP contribution in [0, 0.1) is 5.92 Å². The highest BCUT2D eigenvalue weighted by molar-refractivity contribution is 7.10. The first kappa shape index (κ1) is 15.6. The van der Waals surface area contributed by atoms with Crippen LogP contribution in [-0.4, -0.2) is 27.0 Å². The molecule has 1 aliphatic carbocycles. The van der Waals surface area contributed by atoms with Gasteiger partial charge in [0, 0.05) is 22.7 Å². The standard InChI is InChI=1S/C16H17N3O3S/c20-15(21)7-13(14-2-1-5-23-14)19-16(22)10-3-4-12-11(6-10)8-17-9-18-12/h1-2,5,8-10,13H,3-4,6-7H2,(H,19,22)(H,20,21). The number of amides is 1. The molecule has 6 nitrogen and oxygen atoms in total. The van der Waals surface area contributed by atoms with Crippen LogP contribution >= 0.6 is 11.3 Å². The van der Waals surface area contributed by atoms with Crippen molar-refractivity contribution in [2.24, 2.45) is 5.92 Å². The van der Waals surface area contributed by atoms with Crippen LogP contribution in [0.2, 0.25) is 0 Å². The Hall–Kier alpha value is -2.28. The third-order valence-electron chi connectivity index (χ3n) is 4.03. The Kier molecular flexibility index (Phi) is 4.66. The summed E-state index contributed by atoms with van der Waals surface area (Å²) >= 11 is 1.45. The molecule has 2 aromatic rings. The zero-order chi connectivity index (χ0) is 16.2. The van der Waals surface area contributed by atoms with Crippen molar-refractivity contribution in [2.75, 3.05) is 0 Å². The quantitative estimate of drug-likeness (QED) is 0.874. The zero-order valence-electron chi connectivity index (χ0n) is 12.4. The Bertz CT molecular complexity index is 702. The largest absolute Gasteiger partial charge is 0.481 e. The lowest BCUT2D eigenvalue weighted by Gasteiger charge is -2.25. The van der Waals surface area contributed by atoms with Gasteiger partial charge in [0.1, 0.15) is 6.33 Å². The SMILES string of the molecule is O=C(O)CC(NC(=O)C1CCc2ncncc2C1)c1cccs1. The first-order chi connectivity index (χ1) is 11.1. The molecule has 0 aliphatic heterocycles. The van der Waals surface area contributed by atoms with Crippen molar-refractivity contribution < 1.29 is 14.7 Å². The Morgan fingerprint density at radius 3 is 3.09 bits per heavy atom. The molecule has 0 aromatic carbocycles. The van der Waals surface area contributed by atoms with Gasteiger partial charge in [0.05, 0.1) is 12.5 Å². The number of hydrogen-bond donors (Lipinski definition) is 2. The van der Waals surface area contributed by atoms with E-state index in [4.69, 9.17) is 5.11 Å². The molecule has 0 saturated heterocycles. The fraction of sp³-hybridized carbons (Fsp3) is 0.375. The molecule has 2 aromatic heterocycles. The Morgan fingerprint density at radius 1 is 1.48 bits per heavy atom. The minimum atomic E-state index is -0.925. The van der Waals surface area contributed by atoms with E-state index in [0.717, 1.165) is 29.0 Å². The van der Waals surface area contributed by atoms with Gasteiger partial charge in [0.2, 0.25) is 5.91 Å². The van der Waals surface area contributed by atoms with E-state index in [0.29, 0.717) is 6.42 Å². The summed E-state index contributed by atoms with van der Waals surface area (Å²) in [5, 5.41) is 13.9. The van der Waals surface area contributed by atoms with Gasteiger partial charge in [-0.3, -0.25) is 9.59 Å².